The van der Waals surface area contributed by atoms with Crippen molar-refractivity contribution in [2.24, 2.45) is 0 Å². The third kappa shape index (κ3) is 51.2. The predicted molar refractivity (Wildman–Crippen MR) is 415 cm³/mol. The lowest BCUT2D eigenvalue weighted by atomic mass is 9.97. The number of carbonyl (C=O) groups is 1. The highest BCUT2D eigenvalue weighted by Gasteiger charge is 2.51. The molecule has 2 fully saturated rings. The van der Waals surface area contributed by atoms with Crippen LogP contribution in [-0.2, 0) is 23.7 Å². The van der Waals surface area contributed by atoms with Crippen LogP contribution < -0.4 is 5.32 Å². The Kier molecular flexibility index (Phi) is 64.1. The van der Waals surface area contributed by atoms with Crippen molar-refractivity contribution in [1.82, 2.24) is 5.32 Å². The number of ether oxygens (including phenoxy) is 4. The quantitative estimate of drug-likeness (QED) is 0.0204. The first-order valence-electron chi connectivity index (χ1n) is 41.5. The van der Waals surface area contributed by atoms with Gasteiger partial charge in [0.05, 0.1) is 32.0 Å². The molecular weight excluding hydrogens is 1250 g/mol. The van der Waals surface area contributed by atoms with Gasteiger partial charge in [-0.3, -0.25) is 4.79 Å². The number of carbonyl (C=O) groups excluding carboxylic acids is 1. The van der Waals surface area contributed by atoms with Gasteiger partial charge in [0.25, 0.3) is 0 Å². The van der Waals surface area contributed by atoms with Crippen LogP contribution in [0.3, 0.4) is 0 Å². The average Bonchev–Trinajstić information content (AvgIpc) is 0.791. The maximum absolute atomic E-state index is 13.4. The molecule has 2 aliphatic heterocycles. The van der Waals surface area contributed by atoms with Gasteiger partial charge in [-0.05, 0) is 77.0 Å². The van der Waals surface area contributed by atoms with Gasteiger partial charge in [0.2, 0.25) is 5.91 Å². The van der Waals surface area contributed by atoms with Crippen molar-refractivity contribution in [1.29, 1.82) is 0 Å². The van der Waals surface area contributed by atoms with Gasteiger partial charge in [0.1, 0.15) is 48.8 Å². The van der Waals surface area contributed by atoms with Crippen molar-refractivity contribution >= 4 is 5.91 Å². The summed E-state index contributed by atoms with van der Waals surface area (Å²) in [4.78, 5) is 13.4. The molecule has 0 aliphatic carbocycles. The van der Waals surface area contributed by atoms with Gasteiger partial charge >= 0.3 is 0 Å². The highest BCUT2D eigenvalue weighted by atomic mass is 16.7. The van der Waals surface area contributed by atoms with E-state index in [4.69, 9.17) is 18.9 Å². The summed E-state index contributed by atoms with van der Waals surface area (Å²) in [5, 5.41) is 87.7. The molecule has 0 aromatic rings. The van der Waals surface area contributed by atoms with Crippen LogP contribution in [0, 0.1) is 0 Å². The van der Waals surface area contributed by atoms with Crippen molar-refractivity contribution < 1.29 is 64.6 Å². The highest BCUT2D eigenvalue weighted by Crippen LogP contribution is 2.30. The smallest absolute Gasteiger partial charge is 0.220 e. The van der Waals surface area contributed by atoms with Gasteiger partial charge in [-0.2, -0.15) is 0 Å². The highest BCUT2D eigenvalue weighted by molar-refractivity contribution is 5.76. The molecule has 12 unspecified atom stereocenters. The second-order valence-corrected chi connectivity index (χ2v) is 28.9. The van der Waals surface area contributed by atoms with E-state index in [9.17, 15) is 45.6 Å². The van der Waals surface area contributed by atoms with Crippen LogP contribution >= 0.6 is 0 Å². The Balaban J connectivity index is 1.58. The van der Waals surface area contributed by atoms with Crippen molar-refractivity contribution in [3.05, 3.63) is 97.2 Å². The van der Waals surface area contributed by atoms with Crippen LogP contribution in [0.4, 0.5) is 0 Å². The number of unbranched alkanes of at least 4 members (excludes halogenated alkanes) is 42. The standard InChI is InChI=1S/C86H153NO13/c1-3-5-7-9-11-13-15-17-19-21-23-25-27-29-30-31-32-33-34-35-36-37-38-39-40-41-42-43-44-46-48-50-52-54-56-58-60-62-64-66-68-70-78(91)87-74(73-97-85-83(96)81(94)84(77(72-89)99-85)100-86-82(95)80(93)79(92)76(71-88)98-86)75(90)69-67-65-63-61-59-57-55-53-51-49-47-45-28-26-24-22-20-18-16-14-12-10-8-6-4-2/h5,7,11,13,17,19,23,25,29-30,32-33,35-36,67,69,74-77,79-86,88-90,92-96H,3-4,6,8-10,12,14-16,18,20-22,24,26-28,31,34,37-66,68,70-73H2,1-2H3,(H,87,91)/b7-5-,13-11-,19-17-,25-23-,30-29-,33-32-,36-35-,69-67+. The van der Waals surface area contributed by atoms with Crippen LogP contribution in [0.1, 0.15) is 348 Å². The Morgan fingerprint density at radius 3 is 1.06 bits per heavy atom. The fourth-order valence-corrected chi connectivity index (χ4v) is 13.3. The van der Waals surface area contributed by atoms with Crippen molar-refractivity contribution in [3.63, 3.8) is 0 Å². The number of aliphatic hydroxyl groups excluding tert-OH is 8. The van der Waals surface area contributed by atoms with Crippen molar-refractivity contribution in [2.75, 3.05) is 19.8 Å². The molecule has 14 heteroatoms. The molecule has 0 aromatic heterocycles. The Labute approximate surface area is 611 Å². The number of hydrogen-bond acceptors (Lipinski definition) is 13. The molecule has 2 rings (SSSR count). The molecule has 580 valence electrons. The van der Waals surface area contributed by atoms with Crippen molar-refractivity contribution in [3.8, 4) is 0 Å². The number of allylic oxidation sites excluding steroid dienone is 15. The number of aliphatic hydroxyl groups is 8. The fraction of sp³-hybridized carbons (Fsp3) is 0.802. The topological polar surface area (TPSA) is 228 Å². The second-order valence-electron chi connectivity index (χ2n) is 28.9. The van der Waals surface area contributed by atoms with Gasteiger partial charge in [-0.1, -0.05) is 361 Å². The van der Waals surface area contributed by atoms with E-state index < -0.39 is 86.8 Å². The third-order valence-electron chi connectivity index (χ3n) is 19.8. The molecule has 2 saturated heterocycles. The Morgan fingerprint density at radius 2 is 0.690 bits per heavy atom. The van der Waals surface area contributed by atoms with Crippen LogP contribution in [0.25, 0.3) is 0 Å². The van der Waals surface area contributed by atoms with E-state index in [1.165, 1.54) is 238 Å². The number of hydrogen-bond donors (Lipinski definition) is 9. The van der Waals surface area contributed by atoms with Crippen LogP contribution in [-0.4, -0.2) is 140 Å². The van der Waals surface area contributed by atoms with E-state index in [0.717, 1.165) is 83.5 Å². The number of amides is 1. The zero-order chi connectivity index (χ0) is 72.2. The zero-order valence-corrected chi connectivity index (χ0v) is 63.7. The van der Waals surface area contributed by atoms with Crippen LogP contribution in [0.15, 0.2) is 97.2 Å². The molecule has 9 N–H and O–H groups in total. The molecule has 100 heavy (non-hydrogen) atoms. The van der Waals surface area contributed by atoms with Crippen LogP contribution in [0.5, 0.6) is 0 Å². The maximum atomic E-state index is 13.4. The van der Waals surface area contributed by atoms with Crippen molar-refractivity contribution in [2.45, 2.75) is 421 Å². The van der Waals surface area contributed by atoms with Gasteiger partial charge in [0.15, 0.2) is 12.6 Å². The molecule has 2 aliphatic rings. The lowest BCUT2D eigenvalue weighted by molar-refractivity contribution is -0.359. The van der Waals surface area contributed by atoms with Gasteiger partial charge in [-0.15, -0.1) is 0 Å². The number of rotatable bonds is 69. The van der Waals surface area contributed by atoms with E-state index >= 15 is 0 Å². The van der Waals surface area contributed by atoms with E-state index in [2.05, 4.69) is 104 Å². The summed E-state index contributed by atoms with van der Waals surface area (Å²) in [7, 11) is 0. The first-order chi connectivity index (χ1) is 49.1. The predicted octanol–water partition coefficient (Wildman–Crippen LogP) is 19.2. The fourth-order valence-electron chi connectivity index (χ4n) is 13.3. The summed E-state index contributed by atoms with van der Waals surface area (Å²) < 4.78 is 22.9. The summed E-state index contributed by atoms with van der Waals surface area (Å²) >= 11 is 0. The summed E-state index contributed by atoms with van der Waals surface area (Å²) in [5.74, 6) is -0.235. The zero-order valence-electron chi connectivity index (χ0n) is 63.7. The minimum absolute atomic E-state index is 0.235. The molecule has 0 spiro atoms. The van der Waals surface area contributed by atoms with Gasteiger partial charge in [0, 0.05) is 6.42 Å². The molecule has 0 saturated carbocycles. The van der Waals surface area contributed by atoms with Gasteiger partial charge < -0.3 is 65.1 Å². The Bertz CT molecular complexity index is 2050. The molecule has 0 bridgehead atoms. The molecule has 1 amide bonds. The lowest BCUT2D eigenvalue weighted by Crippen LogP contribution is -2.65. The largest absolute Gasteiger partial charge is 0.394 e. The molecule has 14 nitrogen and oxygen atoms in total. The second kappa shape index (κ2) is 69.0. The maximum Gasteiger partial charge on any atom is 0.220 e. The van der Waals surface area contributed by atoms with E-state index in [1.54, 1.807) is 6.08 Å². The molecule has 12 atom stereocenters. The summed E-state index contributed by atoms with van der Waals surface area (Å²) in [6.45, 7) is 2.73. The molecule has 2 heterocycles. The average molecular weight is 1410 g/mol. The molecule has 0 radical (unpaired) electrons. The lowest BCUT2D eigenvalue weighted by Gasteiger charge is -2.46. The first kappa shape index (κ1) is 93.0. The SMILES string of the molecule is CC/C=C\C/C=C\C/C=C\C/C=C\C/C=C\C/C=C\C/C=C\CCCCCCCCCCCCCCCCCCCCCC(=O)NC(COC1OC(CO)C(OC2OC(CO)C(O)C(O)C2O)C(O)C1O)C(O)/C=C/CCCCCCCCCCCCCCCCCCCCCCCCC. The summed E-state index contributed by atoms with van der Waals surface area (Å²) in [5.41, 5.74) is 0. The van der Waals surface area contributed by atoms with E-state index in [1.807, 2.05) is 6.08 Å². The molecular formula is C86H153NO13. The third-order valence-corrected chi connectivity index (χ3v) is 19.8. The summed E-state index contributed by atoms with van der Waals surface area (Å²) in [6, 6.07) is -0.919. The number of nitrogens with one attached hydrogen (secondary N) is 1. The summed E-state index contributed by atoms with van der Waals surface area (Å²) in [6.07, 6.45) is 82.0. The Hall–Kier alpha value is -3.09. The monoisotopic (exact) mass is 1410 g/mol. The van der Waals surface area contributed by atoms with E-state index in [0.29, 0.717) is 6.42 Å². The minimum Gasteiger partial charge on any atom is -0.394 e. The van der Waals surface area contributed by atoms with E-state index in [-0.39, 0.29) is 18.9 Å². The Morgan fingerprint density at radius 1 is 0.370 bits per heavy atom. The molecule has 0 aromatic carbocycles. The minimum atomic E-state index is -1.79. The first-order valence-corrected chi connectivity index (χ1v) is 41.5. The van der Waals surface area contributed by atoms with Gasteiger partial charge in [-0.25, -0.2) is 0 Å². The van der Waals surface area contributed by atoms with Crippen LogP contribution in [0.2, 0.25) is 0 Å². The normalized spacial score (nSPS) is 22.3.